The van der Waals surface area contributed by atoms with Crippen LogP contribution in [0.15, 0.2) is 0 Å². The van der Waals surface area contributed by atoms with Gasteiger partial charge in [0.25, 0.3) is 0 Å². The minimum absolute atomic E-state index is 0.227. The molecule has 4 heteroatoms. The Morgan fingerprint density at radius 1 is 1.50 bits per heavy atom. The molecule has 0 atom stereocenters. The van der Waals surface area contributed by atoms with Crippen molar-refractivity contribution in [1.82, 2.24) is 15.1 Å². The van der Waals surface area contributed by atoms with Crippen molar-refractivity contribution in [1.29, 1.82) is 0 Å². The molecule has 1 amide bonds. The molecule has 0 spiro atoms. The number of nitrogens with one attached hydrogen (secondary N) is 1. The molecule has 1 N–H and O–H groups in total. The molecule has 1 heterocycles. The Hall–Kier alpha value is -0.610. The van der Waals surface area contributed by atoms with Gasteiger partial charge < -0.3 is 9.80 Å². The van der Waals surface area contributed by atoms with Gasteiger partial charge in [0.15, 0.2) is 0 Å². The lowest BCUT2D eigenvalue weighted by Gasteiger charge is -2.39. The molecule has 1 aliphatic heterocycles. The number of likely N-dealkylation sites (tertiary alicyclic amines) is 1. The first-order valence-corrected chi connectivity index (χ1v) is 6.25. The van der Waals surface area contributed by atoms with Crippen molar-refractivity contribution in [2.24, 2.45) is 5.92 Å². The van der Waals surface area contributed by atoms with Crippen LogP contribution in [0.1, 0.15) is 27.2 Å². The van der Waals surface area contributed by atoms with E-state index < -0.39 is 0 Å². The molecule has 16 heavy (non-hydrogen) atoms. The highest BCUT2D eigenvalue weighted by Crippen LogP contribution is 2.17. The molecular weight excluding hydrogens is 202 g/mol. The predicted octanol–water partition coefficient (Wildman–Crippen LogP) is 0.742. The third kappa shape index (κ3) is 3.76. The Kier molecular flexibility index (Phi) is 5.22. The fourth-order valence-electron chi connectivity index (χ4n) is 1.93. The molecule has 0 saturated carbocycles. The molecule has 0 bridgehead atoms. The number of hydrogen-bond acceptors (Lipinski definition) is 3. The van der Waals surface area contributed by atoms with Gasteiger partial charge in [0.1, 0.15) is 0 Å². The van der Waals surface area contributed by atoms with Crippen molar-refractivity contribution in [3.05, 3.63) is 0 Å². The fraction of sp³-hybridized carbons (Fsp3) is 0.917. The molecule has 1 aliphatic rings. The third-order valence-corrected chi connectivity index (χ3v) is 2.96. The van der Waals surface area contributed by atoms with Crippen LogP contribution in [0.25, 0.3) is 0 Å². The molecule has 94 valence electrons. The van der Waals surface area contributed by atoms with E-state index in [0.29, 0.717) is 12.7 Å². The maximum Gasteiger partial charge on any atom is 0.229 e. The minimum Gasteiger partial charge on any atom is -0.333 e. The van der Waals surface area contributed by atoms with E-state index in [9.17, 15) is 4.79 Å². The SMILES string of the molecule is CCCN1CC(C(=O)N(C)CNC(C)C)C1. The maximum atomic E-state index is 11.9. The predicted molar refractivity (Wildman–Crippen MR) is 66.1 cm³/mol. The summed E-state index contributed by atoms with van der Waals surface area (Å²) in [5.74, 6) is 0.506. The summed E-state index contributed by atoms with van der Waals surface area (Å²) in [7, 11) is 1.88. The van der Waals surface area contributed by atoms with E-state index in [1.807, 2.05) is 7.05 Å². The van der Waals surface area contributed by atoms with Crippen LogP contribution in [0, 0.1) is 5.92 Å². The molecule has 0 radical (unpaired) electrons. The zero-order chi connectivity index (χ0) is 12.1. The van der Waals surface area contributed by atoms with E-state index in [1.165, 1.54) is 6.42 Å². The van der Waals surface area contributed by atoms with Crippen LogP contribution in [-0.4, -0.2) is 55.1 Å². The van der Waals surface area contributed by atoms with Gasteiger partial charge in [-0.05, 0) is 26.8 Å². The van der Waals surface area contributed by atoms with E-state index in [1.54, 1.807) is 4.90 Å². The summed E-state index contributed by atoms with van der Waals surface area (Å²) in [4.78, 5) is 16.1. The summed E-state index contributed by atoms with van der Waals surface area (Å²) >= 11 is 0. The topological polar surface area (TPSA) is 35.6 Å². The number of hydrogen-bond donors (Lipinski definition) is 1. The van der Waals surface area contributed by atoms with Gasteiger partial charge in [0.05, 0.1) is 12.6 Å². The molecule has 0 aromatic heterocycles. The van der Waals surface area contributed by atoms with Crippen molar-refractivity contribution < 1.29 is 4.79 Å². The second-order valence-electron chi connectivity index (χ2n) is 5.01. The lowest BCUT2D eigenvalue weighted by Crippen LogP contribution is -2.55. The molecule has 0 aromatic rings. The van der Waals surface area contributed by atoms with Crippen molar-refractivity contribution >= 4 is 5.91 Å². The van der Waals surface area contributed by atoms with Gasteiger partial charge in [-0.2, -0.15) is 0 Å². The standard InChI is InChI=1S/C12H25N3O/c1-5-6-15-7-11(8-15)12(16)14(4)9-13-10(2)3/h10-11,13H,5-9H2,1-4H3. The van der Waals surface area contributed by atoms with Crippen molar-refractivity contribution in [3.63, 3.8) is 0 Å². The monoisotopic (exact) mass is 227 g/mol. The Morgan fingerprint density at radius 3 is 2.62 bits per heavy atom. The van der Waals surface area contributed by atoms with E-state index >= 15 is 0 Å². The lowest BCUT2D eigenvalue weighted by atomic mass is 9.98. The average Bonchev–Trinajstić information content (AvgIpc) is 2.18. The maximum absolute atomic E-state index is 11.9. The second kappa shape index (κ2) is 6.21. The highest BCUT2D eigenvalue weighted by Gasteiger charge is 2.33. The summed E-state index contributed by atoms with van der Waals surface area (Å²) in [5.41, 5.74) is 0. The smallest absolute Gasteiger partial charge is 0.229 e. The first-order valence-electron chi connectivity index (χ1n) is 6.25. The van der Waals surface area contributed by atoms with Gasteiger partial charge in [-0.1, -0.05) is 6.92 Å². The Morgan fingerprint density at radius 2 is 2.12 bits per heavy atom. The van der Waals surface area contributed by atoms with Crippen LogP contribution >= 0.6 is 0 Å². The molecular formula is C12H25N3O. The van der Waals surface area contributed by atoms with Crippen LogP contribution < -0.4 is 5.32 Å². The fourth-order valence-corrected chi connectivity index (χ4v) is 1.93. The van der Waals surface area contributed by atoms with E-state index in [2.05, 4.69) is 31.0 Å². The van der Waals surface area contributed by atoms with Crippen LogP contribution in [0.2, 0.25) is 0 Å². The summed E-state index contributed by atoms with van der Waals surface area (Å²) in [6.45, 7) is 10.0. The Labute approximate surface area is 99.0 Å². The first kappa shape index (κ1) is 13.5. The van der Waals surface area contributed by atoms with E-state index in [4.69, 9.17) is 0 Å². The van der Waals surface area contributed by atoms with E-state index in [-0.39, 0.29) is 11.8 Å². The molecule has 0 aromatic carbocycles. The highest BCUT2D eigenvalue weighted by molar-refractivity contribution is 5.79. The zero-order valence-electron chi connectivity index (χ0n) is 11.0. The quantitative estimate of drug-likeness (QED) is 0.680. The molecule has 1 rings (SSSR count). The summed E-state index contributed by atoms with van der Waals surface area (Å²) in [6.07, 6.45) is 1.17. The largest absolute Gasteiger partial charge is 0.333 e. The van der Waals surface area contributed by atoms with Gasteiger partial charge in [-0.3, -0.25) is 10.1 Å². The van der Waals surface area contributed by atoms with Gasteiger partial charge >= 0.3 is 0 Å². The number of carbonyl (C=O) groups excluding carboxylic acids is 1. The second-order valence-corrected chi connectivity index (χ2v) is 5.01. The molecule has 1 fully saturated rings. The Balaban J connectivity index is 2.20. The molecule has 1 saturated heterocycles. The van der Waals surface area contributed by atoms with Crippen molar-refractivity contribution in [3.8, 4) is 0 Å². The molecule has 4 nitrogen and oxygen atoms in total. The Bertz CT molecular complexity index is 224. The number of nitrogens with zero attached hydrogens (tertiary/aromatic N) is 2. The first-order chi connectivity index (χ1) is 7.54. The third-order valence-electron chi connectivity index (χ3n) is 2.96. The van der Waals surface area contributed by atoms with Crippen LogP contribution in [0.3, 0.4) is 0 Å². The highest BCUT2D eigenvalue weighted by atomic mass is 16.2. The van der Waals surface area contributed by atoms with Gasteiger partial charge in [0, 0.05) is 26.2 Å². The van der Waals surface area contributed by atoms with Crippen molar-refractivity contribution in [2.45, 2.75) is 33.2 Å². The van der Waals surface area contributed by atoms with Gasteiger partial charge in [-0.25, -0.2) is 0 Å². The van der Waals surface area contributed by atoms with E-state index in [0.717, 1.165) is 19.6 Å². The summed E-state index contributed by atoms with van der Waals surface area (Å²) < 4.78 is 0. The van der Waals surface area contributed by atoms with Crippen molar-refractivity contribution in [2.75, 3.05) is 33.4 Å². The number of carbonyl (C=O) groups is 1. The molecule has 0 aliphatic carbocycles. The number of amides is 1. The zero-order valence-corrected chi connectivity index (χ0v) is 11.0. The van der Waals surface area contributed by atoms with Gasteiger partial charge in [0.2, 0.25) is 5.91 Å². The minimum atomic E-state index is 0.227. The van der Waals surface area contributed by atoms with Crippen LogP contribution in [0.4, 0.5) is 0 Å². The summed E-state index contributed by atoms with van der Waals surface area (Å²) in [6, 6.07) is 0.424. The molecule has 0 unspecified atom stereocenters. The normalized spacial score (nSPS) is 17.6. The summed E-state index contributed by atoms with van der Waals surface area (Å²) in [5, 5.41) is 3.26. The van der Waals surface area contributed by atoms with Gasteiger partial charge in [-0.15, -0.1) is 0 Å². The van der Waals surface area contributed by atoms with Crippen LogP contribution in [-0.2, 0) is 4.79 Å². The average molecular weight is 227 g/mol. The van der Waals surface area contributed by atoms with Crippen LogP contribution in [0.5, 0.6) is 0 Å². The lowest BCUT2D eigenvalue weighted by molar-refractivity contribution is -0.140. The number of rotatable bonds is 6.